The third-order valence-corrected chi connectivity index (χ3v) is 5.90. The van der Waals surface area contributed by atoms with E-state index in [1.54, 1.807) is 35.2 Å². The van der Waals surface area contributed by atoms with Crippen molar-refractivity contribution < 1.29 is 18.8 Å². The Hall–Kier alpha value is -3.29. The van der Waals surface area contributed by atoms with Crippen LogP contribution in [0.3, 0.4) is 0 Å². The number of nitrogens with one attached hydrogen (secondary N) is 2. The number of anilines is 1. The van der Waals surface area contributed by atoms with E-state index in [4.69, 9.17) is 4.42 Å². The Bertz CT molecular complexity index is 913. The van der Waals surface area contributed by atoms with E-state index < -0.39 is 0 Å². The standard InChI is InChI=1S/C23H28N4O4/c28-21(26-10-2-1-3-11-26)17-5-4-6-20(15-17)25-23(30)24-19-7-12-27(13-8-19)22(29)18-9-14-31-16-18/h4-6,9,14-16,19H,1-3,7-8,10-13H2,(H2,24,25,30). The van der Waals surface area contributed by atoms with Gasteiger partial charge in [-0.2, -0.15) is 0 Å². The molecule has 2 saturated heterocycles. The van der Waals surface area contributed by atoms with Gasteiger partial charge in [0.05, 0.1) is 11.8 Å². The fourth-order valence-electron chi connectivity index (χ4n) is 4.16. The summed E-state index contributed by atoms with van der Waals surface area (Å²) in [5, 5.41) is 5.80. The molecule has 0 atom stereocenters. The van der Waals surface area contributed by atoms with Crippen LogP contribution in [0, 0.1) is 0 Å². The molecule has 2 aromatic rings. The van der Waals surface area contributed by atoms with E-state index in [0.717, 1.165) is 25.9 Å². The van der Waals surface area contributed by atoms with Crippen LogP contribution in [0.15, 0.2) is 47.3 Å². The minimum absolute atomic E-state index is 0.00781. The molecule has 8 nitrogen and oxygen atoms in total. The summed E-state index contributed by atoms with van der Waals surface area (Å²) in [5.74, 6) is -0.0368. The Morgan fingerprint density at radius 3 is 2.29 bits per heavy atom. The molecule has 0 bridgehead atoms. The van der Waals surface area contributed by atoms with Gasteiger partial charge in [0.25, 0.3) is 11.8 Å². The molecule has 2 aliphatic rings. The molecule has 1 aromatic carbocycles. The van der Waals surface area contributed by atoms with Gasteiger partial charge < -0.3 is 24.9 Å². The molecule has 4 amide bonds. The smallest absolute Gasteiger partial charge is 0.319 e. The highest BCUT2D eigenvalue weighted by Gasteiger charge is 2.25. The van der Waals surface area contributed by atoms with Gasteiger partial charge in [0, 0.05) is 43.5 Å². The number of carbonyl (C=O) groups excluding carboxylic acids is 3. The molecule has 164 valence electrons. The Kier molecular flexibility index (Phi) is 6.54. The third kappa shape index (κ3) is 5.25. The van der Waals surface area contributed by atoms with Crippen molar-refractivity contribution in [1.29, 1.82) is 0 Å². The number of hydrogen-bond donors (Lipinski definition) is 2. The molecule has 3 heterocycles. The minimum atomic E-state index is -0.304. The number of urea groups is 1. The molecular formula is C23H28N4O4. The number of carbonyl (C=O) groups is 3. The topological polar surface area (TPSA) is 94.9 Å². The highest BCUT2D eigenvalue weighted by molar-refractivity contribution is 5.97. The molecule has 0 unspecified atom stereocenters. The zero-order valence-corrected chi connectivity index (χ0v) is 17.5. The van der Waals surface area contributed by atoms with Crippen molar-refractivity contribution in [3.8, 4) is 0 Å². The van der Waals surface area contributed by atoms with Crippen molar-refractivity contribution in [1.82, 2.24) is 15.1 Å². The van der Waals surface area contributed by atoms with Crippen LogP contribution in [0.2, 0.25) is 0 Å². The van der Waals surface area contributed by atoms with E-state index in [2.05, 4.69) is 10.6 Å². The van der Waals surface area contributed by atoms with Gasteiger partial charge in [0.2, 0.25) is 0 Å². The zero-order valence-electron chi connectivity index (χ0n) is 17.5. The van der Waals surface area contributed by atoms with Gasteiger partial charge in [0.15, 0.2) is 0 Å². The van der Waals surface area contributed by atoms with Gasteiger partial charge in [-0.3, -0.25) is 9.59 Å². The Balaban J connectivity index is 1.26. The number of piperidine rings is 2. The number of benzene rings is 1. The molecular weight excluding hydrogens is 396 g/mol. The van der Waals surface area contributed by atoms with Crippen molar-refractivity contribution in [2.24, 2.45) is 0 Å². The Morgan fingerprint density at radius 1 is 0.871 bits per heavy atom. The number of rotatable bonds is 4. The van der Waals surface area contributed by atoms with Crippen molar-refractivity contribution >= 4 is 23.5 Å². The normalized spacial score (nSPS) is 17.3. The molecule has 2 aliphatic heterocycles. The molecule has 0 aliphatic carbocycles. The van der Waals surface area contributed by atoms with Crippen LogP contribution < -0.4 is 10.6 Å². The molecule has 4 rings (SSSR count). The predicted molar refractivity (Wildman–Crippen MR) is 116 cm³/mol. The lowest BCUT2D eigenvalue weighted by molar-refractivity contribution is 0.0705. The fourth-order valence-corrected chi connectivity index (χ4v) is 4.16. The van der Waals surface area contributed by atoms with Crippen LogP contribution in [-0.4, -0.2) is 59.9 Å². The molecule has 31 heavy (non-hydrogen) atoms. The predicted octanol–water partition coefficient (Wildman–Crippen LogP) is 3.33. The van der Waals surface area contributed by atoms with E-state index >= 15 is 0 Å². The van der Waals surface area contributed by atoms with Gasteiger partial charge in [-0.1, -0.05) is 6.07 Å². The lowest BCUT2D eigenvalue weighted by Crippen LogP contribution is -2.47. The molecule has 2 N–H and O–H groups in total. The molecule has 0 spiro atoms. The summed E-state index contributed by atoms with van der Waals surface area (Å²) in [6.45, 7) is 2.74. The quantitative estimate of drug-likeness (QED) is 0.787. The maximum atomic E-state index is 12.7. The average Bonchev–Trinajstić information content (AvgIpc) is 3.34. The van der Waals surface area contributed by atoms with Crippen LogP contribution in [0.25, 0.3) is 0 Å². The summed E-state index contributed by atoms with van der Waals surface area (Å²) in [7, 11) is 0. The van der Waals surface area contributed by atoms with Gasteiger partial charge in [-0.05, 0) is 56.4 Å². The second-order valence-electron chi connectivity index (χ2n) is 8.11. The zero-order chi connectivity index (χ0) is 21.6. The number of amides is 4. The molecule has 8 heteroatoms. The van der Waals surface area contributed by atoms with Gasteiger partial charge in [-0.15, -0.1) is 0 Å². The molecule has 1 aromatic heterocycles. The summed E-state index contributed by atoms with van der Waals surface area (Å²) in [6.07, 6.45) is 7.55. The van der Waals surface area contributed by atoms with Crippen molar-refractivity contribution in [2.75, 3.05) is 31.5 Å². The van der Waals surface area contributed by atoms with Crippen LogP contribution in [0.4, 0.5) is 10.5 Å². The lowest BCUT2D eigenvalue weighted by atomic mass is 10.0. The third-order valence-electron chi connectivity index (χ3n) is 5.90. The van der Waals surface area contributed by atoms with E-state index in [1.165, 1.54) is 18.9 Å². The van der Waals surface area contributed by atoms with Crippen LogP contribution in [-0.2, 0) is 0 Å². The first-order valence-corrected chi connectivity index (χ1v) is 10.9. The maximum Gasteiger partial charge on any atom is 0.319 e. The fraction of sp³-hybridized carbons (Fsp3) is 0.435. The summed E-state index contributed by atoms with van der Waals surface area (Å²) >= 11 is 0. The van der Waals surface area contributed by atoms with Gasteiger partial charge >= 0.3 is 6.03 Å². The number of furan rings is 1. The number of nitrogens with zero attached hydrogens (tertiary/aromatic N) is 2. The first-order chi connectivity index (χ1) is 15.1. The molecule has 2 fully saturated rings. The second kappa shape index (κ2) is 9.68. The first kappa shape index (κ1) is 21.0. The molecule has 0 saturated carbocycles. The number of likely N-dealkylation sites (tertiary alicyclic amines) is 2. The van der Waals surface area contributed by atoms with Crippen LogP contribution in [0.5, 0.6) is 0 Å². The Labute approximate surface area is 181 Å². The van der Waals surface area contributed by atoms with Crippen molar-refractivity contribution in [2.45, 2.75) is 38.1 Å². The maximum absolute atomic E-state index is 12.7. The van der Waals surface area contributed by atoms with Crippen molar-refractivity contribution in [3.63, 3.8) is 0 Å². The summed E-state index contributed by atoms with van der Waals surface area (Å²) < 4.78 is 4.98. The largest absolute Gasteiger partial charge is 0.472 e. The highest BCUT2D eigenvalue weighted by atomic mass is 16.3. The second-order valence-corrected chi connectivity index (χ2v) is 8.11. The van der Waals surface area contributed by atoms with Gasteiger partial charge in [0.1, 0.15) is 6.26 Å². The molecule has 0 radical (unpaired) electrons. The van der Waals surface area contributed by atoms with Crippen molar-refractivity contribution in [3.05, 3.63) is 54.0 Å². The van der Waals surface area contributed by atoms with E-state index in [1.807, 2.05) is 4.90 Å². The van der Waals surface area contributed by atoms with Crippen LogP contribution >= 0.6 is 0 Å². The summed E-state index contributed by atoms with van der Waals surface area (Å²) in [4.78, 5) is 41.2. The highest BCUT2D eigenvalue weighted by Crippen LogP contribution is 2.17. The van der Waals surface area contributed by atoms with E-state index in [9.17, 15) is 14.4 Å². The lowest BCUT2D eigenvalue weighted by Gasteiger charge is -2.32. The van der Waals surface area contributed by atoms with E-state index in [-0.39, 0.29) is 23.9 Å². The minimum Gasteiger partial charge on any atom is -0.472 e. The Morgan fingerprint density at radius 2 is 1.58 bits per heavy atom. The SMILES string of the molecule is O=C(Nc1cccc(C(=O)N2CCCCC2)c1)NC1CCN(C(=O)c2ccoc2)CC1. The van der Waals surface area contributed by atoms with E-state index in [0.29, 0.717) is 42.7 Å². The van der Waals surface area contributed by atoms with Crippen LogP contribution in [0.1, 0.15) is 52.8 Å². The number of hydrogen-bond acceptors (Lipinski definition) is 4. The monoisotopic (exact) mass is 424 g/mol. The van der Waals surface area contributed by atoms with Gasteiger partial charge in [-0.25, -0.2) is 4.79 Å². The summed E-state index contributed by atoms with van der Waals surface area (Å²) in [5.41, 5.74) is 1.72. The first-order valence-electron chi connectivity index (χ1n) is 10.9. The summed E-state index contributed by atoms with van der Waals surface area (Å²) in [6, 6.07) is 8.42. The average molecular weight is 425 g/mol.